The van der Waals surface area contributed by atoms with E-state index in [0.717, 1.165) is 6.42 Å². The molecule has 6 rings (SSSR count). The summed E-state index contributed by atoms with van der Waals surface area (Å²) in [7, 11) is 4.42. The first-order chi connectivity index (χ1) is 21.7. The molecule has 0 amide bonds. The van der Waals surface area contributed by atoms with Crippen LogP contribution in [0.1, 0.15) is 86.9 Å². The maximum absolute atomic E-state index is 2.55. The molecule has 6 aromatic rings. The van der Waals surface area contributed by atoms with Gasteiger partial charge in [-0.2, -0.15) is 0 Å². The number of benzene rings is 4. The number of aromatic nitrogens is 4. The summed E-state index contributed by atoms with van der Waals surface area (Å²) in [6.45, 7) is 22.9. The number of imidazole rings is 2. The summed E-state index contributed by atoms with van der Waals surface area (Å²) in [6, 6.07) is 27.9. The monoisotopic (exact) mass is 612 g/mol. The topological polar surface area (TPSA) is 17.6 Å². The zero-order valence-electron chi connectivity index (χ0n) is 30.1. The van der Waals surface area contributed by atoms with E-state index in [4.69, 9.17) is 0 Å². The van der Waals surface area contributed by atoms with Crippen LogP contribution in [-0.2, 0) is 26.1 Å². The van der Waals surface area contributed by atoms with Gasteiger partial charge in [-0.15, -0.1) is 0 Å². The van der Waals surface area contributed by atoms with Crippen molar-refractivity contribution in [2.45, 2.75) is 93.2 Å². The molecule has 1 atom stereocenters. The first-order valence-electron chi connectivity index (χ1n) is 16.9. The van der Waals surface area contributed by atoms with Gasteiger partial charge >= 0.3 is 0 Å². The molecule has 2 aromatic heterocycles. The van der Waals surface area contributed by atoms with E-state index in [9.17, 15) is 0 Å². The number of aryl methyl sites for hydroxylation is 6. The largest absolute Gasteiger partial charge is 0.290 e. The molecule has 0 saturated heterocycles. The number of rotatable bonds is 6. The molecule has 2 heterocycles. The van der Waals surface area contributed by atoms with Crippen molar-refractivity contribution in [3.8, 4) is 22.8 Å². The number of hydrogen-bond donors (Lipinski definition) is 0. The fourth-order valence-corrected chi connectivity index (χ4v) is 7.74. The van der Waals surface area contributed by atoms with Gasteiger partial charge in [0, 0.05) is 0 Å². The van der Waals surface area contributed by atoms with Gasteiger partial charge in [0.25, 0.3) is 11.6 Å². The molecular weight excluding hydrogens is 560 g/mol. The van der Waals surface area contributed by atoms with Gasteiger partial charge in [0.1, 0.15) is 5.54 Å². The minimum Gasteiger partial charge on any atom is -0.226 e. The molecule has 4 nitrogen and oxygen atoms in total. The van der Waals surface area contributed by atoms with Crippen molar-refractivity contribution in [2.24, 2.45) is 14.1 Å². The average molecular weight is 613 g/mol. The number of para-hydroxylation sites is 2. The fourth-order valence-electron chi connectivity index (χ4n) is 7.74. The van der Waals surface area contributed by atoms with Crippen LogP contribution in [0.4, 0.5) is 0 Å². The van der Waals surface area contributed by atoms with Gasteiger partial charge in [0.05, 0.1) is 31.3 Å². The highest BCUT2D eigenvalue weighted by atomic mass is 15.2. The molecule has 0 saturated carbocycles. The SMILES string of the molecule is Cc1ccc(C)c(-c2n(C(C)(C)C)c3cc(CC(C)c4cc(C)c(-c5n(C(C)C)c6ccccc6[n+]5C)cc4C)ccc3[n+]2C)c1. The molecule has 0 aliphatic carbocycles. The lowest BCUT2D eigenvalue weighted by Gasteiger charge is -2.20. The lowest BCUT2D eigenvalue weighted by molar-refractivity contribution is -0.634. The quantitative estimate of drug-likeness (QED) is 0.167. The summed E-state index contributed by atoms with van der Waals surface area (Å²) in [4.78, 5) is 0. The lowest BCUT2D eigenvalue weighted by atomic mass is 9.87. The predicted octanol–water partition coefficient (Wildman–Crippen LogP) is 9.49. The smallest absolute Gasteiger partial charge is 0.226 e. The van der Waals surface area contributed by atoms with Crippen LogP contribution >= 0.6 is 0 Å². The summed E-state index contributed by atoms with van der Waals surface area (Å²) >= 11 is 0. The van der Waals surface area contributed by atoms with Crippen LogP contribution in [0.5, 0.6) is 0 Å². The van der Waals surface area contributed by atoms with Crippen LogP contribution in [0, 0.1) is 27.7 Å². The molecule has 0 fully saturated rings. The predicted molar refractivity (Wildman–Crippen MR) is 194 cm³/mol. The third kappa shape index (κ3) is 5.26. The standard InChI is InChI=1S/C42H52N4/c1-26(2)45-38-16-14-13-15-36(38)43(11)40(45)35-24-30(6)33(23-31(35)7)29(5)22-32-19-20-37-39(25-32)46(42(8,9)10)41(44(37)12)34-21-27(3)17-18-28(34)4/h13-21,23-26,29H,22H2,1-12H3/q+2. The second-order valence-electron chi connectivity index (χ2n) is 15.0. The van der Waals surface area contributed by atoms with E-state index in [-0.39, 0.29) is 5.54 Å². The van der Waals surface area contributed by atoms with Gasteiger partial charge in [-0.3, -0.25) is 0 Å². The van der Waals surface area contributed by atoms with Crippen LogP contribution in [0.2, 0.25) is 0 Å². The van der Waals surface area contributed by atoms with Crippen molar-refractivity contribution in [3.05, 3.63) is 106 Å². The molecule has 46 heavy (non-hydrogen) atoms. The van der Waals surface area contributed by atoms with Crippen LogP contribution in [0.3, 0.4) is 0 Å². The van der Waals surface area contributed by atoms with Crippen molar-refractivity contribution < 1.29 is 9.13 Å². The Kier molecular flexibility index (Phi) is 7.99. The molecule has 4 aromatic carbocycles. The summed E-state index contributed by atoms with van der Waals surface area (Å²) in [6.07, 6.45) is 0.993. The highest BCUT2D eigenvalue weighted by Crippen LogP contribution is 2.36. The normalized spacial score (nSPS) is 13.0. The molecular formula is C42H52N4+2. The van der Waals surface area contributed by atoms with Gasteiger partial charge in [-0.05, 0) is 139 Å². The average Bonchev–Trinajstić information content (AvgIpc) is 3.46. The van der Waals surface area contributed by atoms with E-state index in [0.29, 0.717) is 12.0 Å². The Morgan fingerprint density at radius 2 is 1.30 bits per heavy atom. The molecule has 1 unspecified atom stereocenters. The minimum atomic E-state index is -0.0760. The van der Waals surface area contributed by atoms with Gasteiger partial charge in [-0.25, -0.2) is 18.3 Å². The van der Waals surface area contributed by atoms with Crippen molar-refractivity contribution in [1.82, 2.24) is 9.13 Å². The van der Waals surface area contributed by atoms with E-state index >= 15 is 0 Å². The first-order valence-corrected chi connectivity index (χ1v) is 16.9. The molecule has 4 heteroatoms. The van der Waals surface area contributed by atoms with Crippen LogP contribution in [-0.4, -0.2) is 9.13 Å². The molecule has 0 spiro atoms. The van der Waals surface area contributed by atoms with Gasteiger partial charge < -0.3 is 0 Å². The molecule has 0 aliphatic heterocycles. The van der Waals surface area contributed by atoms with Crippen LogP contribution in [0.25, 0.3) is 44.8 Å². The second-order valence-corrected chi connectivity index (χ2v) is 15.0. The maximum atomic E-state index is 2.55. The third-order valence-corrected chi connectivity index (χ3v) is 9.97. The van der Waals surface area contributed by atoms with E-state index in [1.807, 2.05) is 0 Å². The summed E-state index contributed by atoms with van der Waals surface area (Å²) < 4.78 is 9.80. The molecule has 0 radical (unpaired) electrons. The Labute approximate surface area is 276 Å². The van der Waals surface area contributed by atoms with E-state index in [2.05, 4.69) is 174 Å². The fraction of sp³-hybridized carbons (Fsp3) is 0.381. The van der Waals surface area contributed by atoms with Crippen LogP contribution in [0.15, 0.2) is 72.8 Å². The van der Waals surface area contributed by atoms with Gasteiger partial charge in [0.15, 0.2) is 22.1 Å². The number of hydrogen-bond acceptors (Lipinski definition) is 0. The molecule has 0 aliphatic rings. The maximum Gasteiger partial charge on any atom is 0.290 e. The van der Waals surface area contributed by atoms with Crippen LogP contribution < -0.4 is 9.13 Å². The van der Waals surface area contributed by atoms with E-state index in [1.165, 1.54) is 78.2 Å². The highest BCUT2D eigenvalue weighted by molar-refractivity contribution is 5.79. The lowest BCUT2D eigenvalue weighted by Crippen LogP contribution is -2.33. The second kappa shape index (κ2) is 11.6. The van der Waals surface area contributed by atoms with E-state index in [1.54, 1.807) is 0 Å². The van der Waals surface area contributed by atoms with Crippen molar-refractivity contribution in [2.75, 3.05) is 0 Å². The minimum absolute atomic E-state index is 0.0760. The Balaban J connectivity index is 1.41. The molecule has 0 N–H and O–H groups in total. The number of nitrogens with zero attached hydrogens (tertiary/aromatic N) is 4. The first kappa shape index (κ1) is 31.8. The Morgan fingerprint density at radius 3 is 2.00 bits per heavy atom. The Bertz CT molecular complexity index is 2110. The van der Waals surface area contributed by atoms with Crippen molar-refractivity contribution in [3.63, 3.8) is 0 Å². The molecule has 0 bridgehead atoms. The Hall–Kier alpha value is -4.18. The molecule has 238 valence electrons. The summed E-state index contributed by atoms with van der Waals surface area (Å²) in [5.74, 6) is 2.93. The van der Waals surface area contributed by atoms with Gasteiger partial charge in [-0.1, -0.05) is 48.9 Å². The zero-order valence-corrected chi connectivity index (χ0v) is 30.1. The summed E-state index contributed by atoms with van der Waals surface area (Å²) in [5.41, 5.74) is 15.8. The number of fused-ring (bicyclic) bond motifs is 2. The highest BCUT2D eigenvalue weighted by Gasteiger charge is 2.33. The van der Waals surface area contributed by atoms with Crippen molar-refractivity contribution >= 4 is 22.1 Å². The van der Waals surface area contributed by atoms with Gasteiger partial charge in [0.2, 0.25) is 0 Å². The van der Waals surface area contributed by atoms with E-state index < -0.39 is 0 Å². The zero-order chi connectivity index (χ0) is 33.2. The summed E-state index contributed by atoms with van der Waals surface area (Å²) in [5, 5.41) is 0. The third-order valence-electron chi connectivity index (χ3n) is 9.97. The van der Waals surface area contributed by atoms with Crippen molar-refractivity contribution in [1.29, 1.82) is 0 Å². The Morgan fingerprint density at radius 1 is 0.652 bits per heavy atom.